The van der Waals surface area contributed by atoms with E-state index in [1.807, 2.05) is 31.2 Å². The first-order valence-corrected chi connectivity index (χ1v) is 7.33. The van der Waals surface area contributed by atoms with Crippen LogP contribution in [0.5, 0.6) is 0 Å². The minimum atomic E-state index is -0.334. The first-order chi connectivity index (χ1) is 10.6. The second-order valence-corrected chi connectivity index (χ2v) is 5.31. The summed E-state index contributed by atoms with van der Waals surface area (Å²) in [6.45, 7) is 2.84. The van der Waals surface area contributed by atoms with Gasteiger partial charge in [0.05, 0.1) is 19.6 Å². The summed E-state index contributed by atoms with van der Waals surface area (Å²) in [5, 5.41) is 2.83. The SMILES string of the molecule is COCCNC(=O)N1c2ccccc2C(C(=O)OC)CC1C. The highest BCUT2D eigenvalue weighted by atomic mass is 16.5. The average Bonchev–Trinajstić information content (AvgIpc) is 2.53. The van der Waals surface area contributed by atoms with Gasteiger partial charge in [0.25, 0.3) is 0 Å². The summed E-state index contributed by atoms with van der Waals surface area (Å²) in [7, 11) is 2.98. The molecular weight excluding hydrogens is 284 g/mol. The smallest absolute Gasteiger partial charge is 0.322 e. The summed E-state index contributed by atoms with van der Waals surface area (Å²) in [4.78, 5) is 26.1. The first-order valence-electron chi connectivity index (χ1n) is 7.33. The Hall–Kier alpha value is -2.08. The van der Waals surface area contributed by atoms with E-state index in [9.17, 15) is 9.59 Å². The van der Waals surface area contributed by atoms with Crippen molar-refractivity contribution < 1.29 is 19.1 Å². The summed E-state index contributed by atoms with van der Waals surface area (Å²) in [6.07, 6.45) is 0.543. The van der Waals surface area contributed by atoms with Crippen LogP contribution in [0.2, 0.25) is 0 Å². The third-order valence-electron chi connectivity index (χ3n) is 3.88. The molecule has 2 atom stereocenters. The van der Waals surface area contributed by atoms with Gasteiger partial charge in [-0.1, -0.05) is 18.2 Å². The number of nitrogens with one attached hydrogen (secondary N) is 1. The average molecular weight is 306 g/mol. The van der Waals surface area contributed by atoms with E-state index < -0.39 is 0 Å². The van der Waals surface area contributed by atoms with Gasteiger partial charge in [0, 0.05) is 25.4 Å². The van der Waals surface area contributed by atoms with Crippen LogP contribution in [0.15, 0.2) is 24.3 Å². The predicted molar refractivity (Wildman–Crippen MR) is 83.0 cm³/mol. The van der Waals surface area contributed by atoms with Gasteiger partial charge in [0.15, 0.2) is 0 Å². The number of carbonyl (C=O) groups excluding carboxylic acids is 2. The molecular formula is C16H22N2O4. The predicted octanol–water partition coefficient (Wildman–Crippen LogP) is 1.90. The van der Waals surface area contributed by atoms with Crippen LogP contribution in [0.3, 0.4) is 0 Å². The van der Waals surface area contributed by atoms with Gasteiger partial charge in [-0.2, -0.15) is 0 Å². The maximum atomic E-state index is 12.4. The van der Waals surface area contributed by atoms with Crippen molar-refractivity contribution in [2.45, 2.75) is 25.3 Å². The summed E-state index contributed by atoms with van der Waals surface area (Å²) < 4.78 is 9.84. The number of nitrogens with zero attached hydrogens (tertiary/aromatic N) is 1. The van der Waals surface area contributed by atoms with E-state index in [0.717, 1.165) is 11.3 Å². The topological polar surface area (TPSA) is 67.9 Å². The monoisotopic (exact) mass is 306 g/mol. The Morgan fingerprint density at radius 1 is 1.32 bits per heavy atom. The van der Waals surface area contributed by atoms with Gasteiger partial charge < -0.3 is 14.8 Å². The van der Waals surface area contributed by atoms with E-state index in [1.54, 1.807) is 12.0 Å². The van der Waals surface area contributed by atoms with E-state index >= 15 is 0 Å². The number of ether oxygens (including phenoxy) is 2. The Labute approximate surface area is 130 Å². The zero-order chi connectivity index (χ0) is 16.1. The van der Waals surface area contributed by atoms with Gasteiger partial charge in [0.2, 0.25) is 0 Å². The number of fused-ring (bicyclic) bond motifs is 1. The number of hydrogen-bond donors (Lipinski definition) is 1. The molecule has 0 fully saturated rings. The quantitative estimate of drug-likeness (QED) is 0.681. The summed E-state index contributed by atoms with van der Waals surface area (Å²) >= 11 is 0. The van der Waals surface area contributed by atoms with Gasteiger partial charge in [-0.25, -0.2) is 4.79 Å². The van der Waals surface area contributed by atoms with E-state index in [0.29, 0.717) is 19.6 Å². The van der Waals surface area contributed by atoms with Crippen LogP contribution < -0.4 is 10.2 Å². The van der Waals surface area contributed by atoms with Crippen LogP contribution in [0, 0.1) is 0 Å². The van der Waals surface area contributed by atoms with Crippen molar-refractivity contribution in [2.24, 2.45) is 0 Å². The molecule has 2 rings (SSSR count). The molecule has 1 heterocycles. The molecule has 0 spiro atoms. The van der Waals surface area contributed by atoms with Crippen molar-refractivity contribution in [3.05, 3.63) is 29.8 Å². The molecule has 0 aromatic heterocycles. The standard InChI is InChI=1S/C16H22N2O4/c1-11-10-13(15(19)22-3)12-6-4-5-7-14(12)18(11)16(20)17-8-9-21-2/h4-7,11,13H,8-10H2,1-3H3,(H,17,20). The highest BCUT2D eigenvalue weighted by Gasteiger charge is 2.37. The van der Waals surface area contributed by atoms with E-state index in [1.165, 1.54) is 7.11 Å². The number of methoxy groups -OCH3 is 2. The Kier molecular flexibility index (Phi) is 5.38. The van der Waals surface area contributed by atoms with Crippen LogP contribution in [-0.2, 0) is 14.3 Å². The number of esters is 1. The van der Waals surface area contributed by atoms with Crippen molar-refractivity contribution >= 4 is 17.7 Å². The molecule has 0 bridgehead atoms. The van der Waals surface area contributed by atoms with Crippen LogP contribution in [0.25, 0.3) is 0 Å². The molecule has 1 aromatic carbocycles. The lowest BCUT2D eigenvalue weighted by Crippen LogP contribution is -2.49. The fraction of sp³-hybridized carbons (Fsp3) is 0.500. The molecule has 2 amide bonds. The maximum absolute atomic E-state index is 12.4. The number of rotatable bonds is 4. The highest BCUT2D eigenvalue weighted by molar-refractivity contribution is 5.96. The minimum absolute atomic E-state index is 0.0958. The molecule has 1 N–H and O–H groups in total. The molecule has 2 unspecified atom stereocenters. The lowest BCUT2D eigenvalue weighted by molar-refractivity contribution is -0.142. The van der Waals surface area contributed by atoms with Gasteiger partial charge in [0.1, 0.15) is 0 Å². The second kappa shape index (κ2) is 7.26. The van der Waals surface area contributed by atoms with Crippen molar-refractivity contribution in [3.63, 3.8) is 0 Å². The lowest BCUT2D eigenvalue weighted by Gasteiger charge is -2.38. The zero-order valence-electron chi connectivity index (χ0n) is 13.2. The Morgan fingerprint density at radius 3 is 2.73 bits per heavy atom. The van der Waals surface area contributed by atoms with E-state index in [4.69, 9.17) is 9.47 Å². The van der Waals surface area contributed by atoms with Crippen molar-refractivity contribution in [3.8, 4) is 0 Å². The van der Waals surface area contributed by atoms with E-state index in [2.05, 4.69) is 5.32 Å². The Balaban J connectivity index is 2.28. The molecule has 22 heavy (non-hydrogen) atoms. The third-order valence-corrected chi connectivity index (χ3v) is 3.88. The number of amides is 2. The van der Waals surface area contributed by atoms with Gasteiger partial charge >= 0.3 is 12.0 Å². The summed E-state index contributed by atoms with van der Waals surface area (Å²) in [5.41, 5.74) is 1.58. The molecule has 1 aromatic rings. The minimum Gasteiger partial charge on any atom is -0.469 e. The van der Waals surface area contributed by atoms with Crippen LogP contribution in [-0.4, -0.2) is 45.4 Å². The van der Waals surface area contributed by atoms with Gasteiger partial charge in [-0.3, -0.25) is 9.69 Å². The Morgan fingerprint density at radius 2 is 2.05 bits per heavy atom. The molecule has 1 aliphatic rings. The third kappa shape index (κ3) is 3.22. The zero-order valence-corrected chi connectivity index (χ0v) is 13.2. The van der Waals surface area contributed by atoms with Crippen molar-refractivity contribution in [1.29, 1.82) is 0 Å². The maximum Gasteiger partial charge on any atom is 0.322 e. The fourth-order valence-corrected chi connectivity index (χ4v) is 2.83. The normalized spacial score (nSPS) is 20.2. The number of anilines is 1. The van der Waals surface area contributed by atoms with Crippen LogP contribution in [0.1, 0.15) is 24.8 Å². The second-order valence-electron chi connectivity index (χ2n) is 5.31. The number of carbonyl (C=O) groups is 2. The van der Waals surface area contributed by atoms with Gasteiger partial charge in [-0.15, -0.1) is 0 Å². The number of benzene rings is 1. The number of para-hydroxylation sites is 1. The molecule has 1 aliphatic heterocycles. The van der Waals surface area contributed by atoms with Crippen LogP contribution >= 0.6 is 0 Å². The number of urea groups is 1. The highest BCUT2D eigenvalue weighted by Crippen LogP contribution is 2.38. The molecule has 6 heteroatoms. The molecule has 0 aliphatic carbocycles. The Bertz CT molecular complexity index is 547. The largest absolute Gasteiger partial charge is 0.469 e. The fourth-order valence-electron chi connectivity index (χ4n) is 2.83. The van der Waals surface area contributed by atoms with Crippen LogP contribution in [0.4, 0.5) is 10.5 Å². The molecule has 0 radical (unpaired) electrons. The molecule has 0 saturated heterocycles. The van der Waals surface area contributed by atoms with Crippen molar-refractivity contribution in [2.75, 3.05) is 32.3 Å². The number of hydrogen-bond acceptors (Lipinski definition) is 4. The molecule has 6 nitrogen and oxygen atoms in total. The van der Waals surface area contributed by atoms with E-state index in [-0.39, 0.29) is 24.0 Å². The molecule has 0 saturated carbocycles. The summed E-state index contributed by atoms with van der Waals surface area (Å²) in [5.74, 6) is -0.599. The van der Waals surface area contributed by atoms with Gasteiger partial charge in [-0.05, 0) is 25.0 Å². The summed E-state index contributed by atoms with van der Waals surface area (Å²) in [6, 6.07) is 7.18. The van der Waals surface area contributed by atoms with Crippen molar-refractivity contribution in [1.82, 2.24) is 5.32 Å². The lowest BCUT2D eigenvalue weighted by atomic mass is 9.86. The first kappa shape index (κ1) is 16.3. The molecule has 120 valence electrons.